The van der Waals surface area contributed by atoms with E-state index in [2.05, 4.69) is 34.7 Å². The number of rotatable bonds is 10. The third kappa shape index (κ3) is 6.83. The maximum Gasteiger partial charge on any atom is 0.230 e. The Labute approximate surface area is 152 Å². The molecule has 1 N–H and O–H groups in total. The normalized spacial score (nSPS) is 11.0. The van der Waals surface area contributed by atoms with Gasteiger partial charge in [0.15, 0.2) is 0 Å². The number of nitrogens with one attached hydrogen (secondary N) is 1. The Bertz CT molecular complexity index is 675. The van der Waals surface area contributed by atoms with Gasteiger partial charge in [0.05, 0.1) is 18.0 Å². The number of hydrogen-bond donors (Lipinski definition) is 1. The molecule has 0 saturated carbocycles. The Morgan fingerprint density at radius 2 is 2.20 bits per heavy atom. The summed E-state index contributed by atoms with van der Waals surface area (Å²) >= 11 is 1.31. The fourth-order valence-corrected chi connectivity index (χ4v) is 2.78. The highest BCUT2D eigenvalue weighted by Gasteiger charge is 2.11. The monoisotopic (exact) mass is 363 g/mol. The molecule has 2 rings (SSSR count). The zero-order valence-corrected chi connectivity index (χ0v) is 15.8. The first-order valence-corrected chi connectivity index (χ1v) is 9.37. The van der Waals surface area contributed by atoms with Crippen LogP contribution in [0.4, 0.5) is 0 Å². The highest BCUT2D eigenvalue weighted by Crippen LogP contribution is 2.18. The Balaban J connectivity index is 1.73. The van der Waals surface area contributed by atoms with Gasteiger partial charge >= 0.3 is 0 Å². The number of carbonyl (C=O) groups excluding carboxylic acids is 1. The van der Waals surface area contributed by atoms with Crippen LogP contribution >= 0.6 is 11.8 Å². The predicted octanol–water partition coefficient (Wildman–Crippen LogP) is 2.24. The number of tetrazole rings is 1. The summed E-state index contributed by atoms with van der Waals surface area (Å²) < 4.78 is 7.11. The summed E-state index contributed by atoms with van der Waals surface area (Å²) in [5.41, 5.74) is 2.01. The lowest BCUT2D eigenvalue weighted by Gasteiger charge is -2.08. The minimum atomic E-state index is -0.0590. The van der Waals surface area contributed by atoms with Crippen molar-refractivity contribution in [3.63, 3.8) is 0 Å². The molecule has 1 aromatic heterocycles. The van der Waals surface area contributed by atoms with Gasteiger partial charge in [-0.2, -0.15) is 4.68 Å². The van der Waals surface area contributed by atoms with Gasteiger partial charge in [-0.1, -0.05) is 37.7 Å². The van der Waals surface area contributed by atoms with Crippen LogP contribution in [0.15, 0.2) is 29.4 Å². The molecule has 0 radical (unpaired) electrons. The Hall–Kier alpha value is -1.93. The number of aryl methyl sites for hydroxylation is 1. The van der Waals surface area contributed by atoms with Crippen molar-refractivity contribution in [3.8, 4) is 5.69 Å². The molecule has 8 heteroatoms. The molecule has 0 aliphatic heterocycles. The van der Waals surface area contributed by atoms with Gasteiger partial charge in [-0.25, -0.2) is 0 Å². The molecular weight excluding hydrogens is 338 g/mol. The lowest BCUT2D eigenvalue weighted by molar-refractivity contribution is -0.118. The smallest absolute Gasteiger partial charge is 0.230 e. The largest absolute Gasteiger partial charge is 0.380 e. The van der Waals surface area contributed by atoms with Crippen molar-refractivity contribution in [1.29, 1.82) is 0 Å². The molecule has 1 heterocycles. The van der Waals surface area contributed by atoms with Gasteiger partial charge in [0.2, 0.25) is 11.1 Å². The number of benzene rings is 1. The lowest BCUT2D eigenvalue weighted by atomic mass is 10.1. The highest BCUT2D eigenvalue weighted by molar-refractivity contribution is 7.99. The predicted molar refractivity (Wildman–Crippen MR) is 97.9 cm³/mol. The maximum absolute atomic E-state index is 11.9. The van der Waals surface area contributed by atoms with Crippen molar-refractivity contribution in [2.24, 2.45) is 5.92 Å². The molecule has 25 heavy (non-hydrogen) atoms. The summed E-state index contributed by atoms with van der Waals surface area (Å²) in [5, 5.41) is 15.1. The van der Waals surface area contributed by atoms with E-state index in [0.717, 1.165) is 24.3 Å². The third-order valence-electron chi connectivity index (χ3n) is 3.43. The fraction of sp³-hybridized carbons (Fsp3) is 0.529. The quantitative estimate of drug-likeness (QED) is 0.515. The van der Waals surface area contributed by atoms with Crippen LogP contribution in [0.2, 0.25) is 0 Å². The van der Waals surface area contributed by atoms with Gasteiger partial charge in [0.1, 0.15) is 0 Å². The fourth-order valence-electron chi connectivity index (χ4n) is 2.06. The van der Waals surface area contributed by atoms with E-state index in [4.69, 9.17) is 4.74 Å². The second-order valence-electron chi connectivity index (χ2n) is 6.15. The second kappa shape index (κ2) is 10.1. The Kier molecular flexibility index (Phi) is 7.87. The molecule has 0 atom stereocenters. The molecule has 0 aliphatic rings. The van der Waals surface area contributed by atoms with Crippen molar-refractivity contribution < 1.29 is 9.53 Å². The molecule has 136 valence electrons. The van der Waals surface area contributed by atoms with E-state index in [1.165, 1.54) is 11.8 Å². The minimum absolute atomic E-state index is 0.0590. The zero-order chi connectivity index (χ0) is 18.1. The molecule has 1 amide bonds. The summed E-state index contributed by atoms with van der Waals surface area (Å²) in [6.07, 6.45) is 1.03. The first-order valence-electron chi connectivity index (χ1n) is 8.39. The van der Waals surface area contributed by atoms with Crippen molar-refractivity contribution in [1.82, 2.24) is 25.5 Å². The topological polar surface area (TPSA) is 81.9 Å². The lowest BCUT2D eigenvalue weighted by Crippen LogP contribution is -2.29. The first kappa shape index (κ1) is 19.4. The van der Waals surface area contributed by atoms with E-state index in [-0.39, 0.29) is 11.7 Å². The van der Waals surface area contributed by atoms with Crippen LogP contribution in [0.3, 0.4) is 0 Å². The Morgan fingerprint density at radius 1 is 1.36 bits per heavy atom. The molecular formula is C17H25N5O2S. The van der Waals surface area contributed by atoms with Crippen molar-refractivity contribution in [2.45, 2.75) is 32.3 Å². The molecule has 0 saturated heterocycles. The Morgan fingerprint density at radius 3 is 2.96 bits per heavy atom. The van der Waals surface area contributed by atoms with Crippen LogP contribution in [-0.4, -0.2) is 51.6 Å². The van der Waals surface area contributed by atoms with Crippen LogP contribution in [-0.2, 0) is 9.53 Å². The molecule has 0 fully saturated rings. The van der Waals surface area contributed by atoms with Gasteiger partial charge in [-0.3, -0.25) is 4.79 Å². The number of hydrogen-bond acceptors (Lipinski definition) is 6. The van der Waals surface area contributed by atoms with Gasteiger partial charge in [-0.15, -0.1) is 5.10 Å². The third-order valence-corrected chi connectivity index (χ3v) is 4.35. The van der Waals surface area contributed by atoms with E-state index in [1.807, 2.05) is 31.2 Å². The second-order valence-corrected chi connectivity index (χ2v) is 7.09. The molecule has 0 aliphatic carbocycles. The molecule has 1 aromatic carbocycles. The number of amides is 1. The van der Waals surface area contributed by atoms with Gasteiger partial charge in [0.25, 0.3) is 0 Å². The molecule has 7 nitrogen and oxygen atoms in total. The highest BCUT2D eigenvalue weighted by atomic mass is 32.2. The molecule has 0 spiro atoms. The molecule has 0 bridgehead atoms. The molecule has 2 aromatic rings. The number of ether oxygens (including phenoxy) is 1. The standard InChI is InChI=1S/C17H25N5O2S/c1-13(2)7-9-24-10-8-18-16(23)12-25-17-19-20-21-22(17)15-6-4-5-14(3)11-15/h4-6,11,13H,7-10,12H2,1-3H3,(H,18,23). The van der Waals surface area contributed by atoms with Crippen LogP contribution in [0, 0.1) is 12.8 Å². The SMILES string of the molecule is Cc1cccc(-n2nnnc2SCC(=O)NCCOCCC(C)C)c1. The minimum Gasteiger partial charge on any atom is -0.380 e. The average Bonchev–Trinajstić information content (AvgIpc) is 3.04. The van der Waals surface area contributed by atoms with Crippen LogP contribution in [0.5, 0.6) is 0 Å². The van der Waals surface area contributed by atoms with E-state index in [9.17, 15) is 4.79 Å². The summed E-state index contributed by atoms with van der Waals surface area (Å²) in [6.45, 7) is 8.11. The van der Waals surface area contributed by atoms with Crippen LogP contribution in [0.25, 0.3) is 5.69 Å². The van der Waals surface area contributed by atoms with E-state index < -0.39 is 0 Å². The van der Waals surface area contributed by atoms with Crippen LogP contribution < -0.4 is 5.32 Å². The van der Waals surface area contributed by atoms with Gasteiger partial charge in [-0.05, 0) is 47.4 Å². The summed E-state index contributed by atoms with van der Waals surface area (Å²) in [5.74, 6) is 0.833. The summed E-state index contributed by atoms with van der Waals surface area (Å²) in [7, 11) is 0. The van der Waals surface area contributed by atoms with Gasteiger partial charge < -0.3 is 10.1 Å². The maximum atomic E-state index is 11.9. The first-order chi connectivity index (χ1) is 12.1. The number of thioether (sulfide) groups is 1. The van der Waals surface area contributed by atoms with Crippen LogP contribution in [0.1, 0.15) is 25.8 Å². The number of nitrogens with zero attached hydrogens (tertiary/aromatic N) is 4. The summed E-state index contributed by atoms with van der Waals surface area (Å²) in [6, 6.07) is 7.89. The zero-order valence-electron chi connectivity index (χ0n) is 14.9. The van der Waals surface area contributed by atoms with Crippen molar-refractivity contribution >= 4 is 17.7 Å². The number of aromatic nitrogens is 4. The van der Waals surface area contributed by atoms with E-state index in [0.29, 0.717) is 24.2 Å². The van der Waals surface area contributed by atoms with Crippen molar-refractivity contribution in [3.05, 3.63) is 29.8 Å². The molecule has 0 unspecified atom stereocenters. The van der Waals surface area contributed by atoms with E-state index >= 15 is 0 Å². The van der Waals surface area contributed by atoms with E-state index in [1.54, 1.807) is 4.68 Å². The van der Waals surface area contributed by atoms with Crippen molar-refractivity contribution in [2.75, 3.05) is 25.5 Å². The number of carbonyl (C=O) groups is 1. The summed E-state index contributed by atoms with van der Waals surface area (Å²) in [4.78, 5) is 11.9. The van der Waals surface area contributed by atoms with Gasteiger partial charge in [0, 0.05) is 13.2 Å². The average molecular weight is 363 g/mol.